The molecule has 5 atom stereocenters. The van der Waals surface area contributed by atoms with Crippen molar-refractivity contribution in [1.82, 2.24) is 20.3 Å². The van der Waals surface area contributed by atoms with Crippen LogP contribution in [0, 0.1) is 5.92 Å². The molecule has 4 aromatic carbocycles. The number of aliphatic hydroxyl groups is 1. The summed E-state index contributed by atoms with van der Waals surface area (Å²) in [5, 5.41) is 27.2. The van der Waals surface area contributed by atoms with Gasteiger partial charge >= 0.3 is 0 Å². The number of carbonyl (C=O) groups is 2. The third-order valence-corrected chi connectivity index (χ3v) is 18.1. The fourth-order valence-electron chi connectivity index (χ4n) is 10.6. The molecule has 12 nitrogen and oxygen atoms in total. The van der Waals surface area contributed by atoms with Crippen molar-refractivity contribution in [2.24, 2.45) is 5.92 Å². The molecule has 4 aliphatic heterocycles. The highest BCUT2D eigenvalue weighted by atomic mass is 28.3. The molecule has 3 fully saturated rings. The number of para-hydroxylation sites is 1. The number of anilines is 3. The van der Waals surface area contributed by atoms with E-state index in [0.717, 1.165) is 41.3 Å². The zero-order valence-corrected chi connectivity index (χ0v) is 35.2. The van der Waals surface area contributed by atoms with E-state index in [9.17, 15) is 14.7 Å². The van der Waals surface area contributed by atoms with Crippen LogP contribution in [0.1, 0.15) is 48.9 Å². The Balaban J connectivity index is 1.07. The first-order valence-corrected chi connectivity index (χ1v) is 23.9. The molecular formula is C46H53N7O5Si. The van der Waals surface area contributed by atoms with Gasteiger partial charge < -0.3 is 30.1 Å². The van der Waals surface area contributed by atoms with Crippen LogP contribution in [-0.2, 0) is 26.5 Å². The van der Waals surface area contributed by atoms with Crippen molar-refractivity contribution in [3.8, 4) is 5.75 Å². The first-order chi connectivity index (χ1) is 28.6. The third kappa shape index (κ3) is 6.46. The Morgan fingerprint density at radius 1 is 0.949 bits per heavy atom. The van der Waals surface area contributed by atoms with Crippen LogP contribution in [0.5, 0.6) is 5.75 Å². The summed E-state index contributed by atoms with van der Waals surface area (Å²) in [6.07, 6.45) is 3.62. The second-order valence-corrected chi connectivity index (χ2v) is 21.8. The lowest BCUT2D eigenvalue weighted by Gasteiger charge is -2.39. The molecule has 5 heterocycles. The number of nitrogens with one attached hydrogen (secondary N) is 2. The highest BCUT2D eigenvalue weighted by Gasteiger charge is 2.65. The standard InChI is InChI=1S/C46H53N7O5Si/c1-31-42(59(3,4)36-18-16-35(57-2)17-19-36)41(21-26-51-28-40(49-50-51)37(29-54)32-11-7-5-8-12-32)58-46(31)38-27-34(15-20-39(38)48-43(46)55)52-30-53(33-13-9-6-10-14-33)45(44(52)56)22-24-47-25-23-45/h5-20,27-28,31,37,41-42,47,54H,21-26,29-30H2,1-4H3,(H,48,55)/t31-,37?,41+,42-,46+/m0/s1. The molecule has 2 amide bonds. The number of carbonyl (C=O) groups excluding carboxylic acids is 2. The highest BCUT2D eigenvalue weighted by molar-refractivity contribution is 6.91. The van der Waals surface area contributed by atoms with E-state index < -0.39 is 19.2 Å². The quantitative estimate of drug-likeness (QED) is 0.146. The predicted molar refractivity (Wildman–Crippen MR) is 231 cm³/mol. The number of aromatic nitrogens is 3. The number of hydrogen-bond donors (Lipinski definition) is 3. The Morgan fingerprint density at radius 2 is 1.66 bits per heavy atom. The molecule has 3 N–H and O–H groups in total. The monoisotopic (exact) mass is 811 g/mol. The van der Waals surface area contributed by atoms with E-state index in [4.69, 9.17) is 9.47 Å². The second kappa shape index (κ2) is 15.4. The third-order valence-electron chi connectivity index (χ3n) is 13.8. The number of aryl methyl sites for hydroxylation is 1. The number of aliphatic hydroxyl groups excluding tert-OH is 1. The van der Waals surface area contributed by atoms with Gasteiger partial charge in [-0.3, -0.25) is 19.2 Å². The van der Waals surface area contributed by atoms with Crippen molar-refractivity contribution in [2.75, 3.05) is 48.6 Å². The minimum absolute atomic E-state index is 0.0220. The molecule has 4 aliphatic rings. The molecule has 9 rings (SSSR count). The molecule has 1 unspecified atom stereocenters. The molecule has 0 radical (unpaired) electrons. The Kier molecular flexibility index (Phi) is 10.2. The summed E-state index contributed by atoms with van der Waals surface area (Å²) in [7, 11) is -0.718. The van der Waals surface area contributed by atoms with Crippen LogP contribution in [0.25, 0.3) is 0 Å². The Hall–Kier alpha value is -5.34. The van der Waals surface area contributed by atoms with Gasteiger partial charge in [-0.15, -0.1) is 5.10 Å². The number of piperidine rings is 1. The maximum atomic E-state index is 14.7. The lowest BCUT2D eigenvalue weighted by molar-refractivity contribution is -0.143. The maximum Gasteiger partial charge on any atom is 0.261 e. The van der Waals surface area contributed by atoms with Gasteiger partial charge in [0, 0.05) is 41.3 Å². The van der Waals surface area contributed by atoms with Gasteiger partial charge in [0.25, 0.3) is 11.8 Å². The summed E-state index contributed by atoms with van der Waals surface area (Å²) in [5.41, 5.74) is 3.05. The average Bonchev–Trinajstić information content (AvgIpc) is 4.00. The summed E-state index contributed by atoms with van der Waals surface area (Å²) in [6.45, 7) is 9.29. The van der Waals surface area contributed by atoms with E-state index in [2.05, 4.69) is 70.1 Å². The van der Waals surface area contributed by atoms with Crippen LogP contribution in [-0.4, -0.2) is 85.1 Å². The van der Waals surface area contributed by atoms with Crippen molar-refractivity contribution in [3.05, 3.63) is 126 Å². The molecule has 59 heavy (non-hydrogen) atoms. The molecule has 2 spiro atoms. The predicted octanol–water partition coefficient (Wildman–Crippen LogP) is 5.60. The van der Waals surface area contributed by atoms with Crippen LogP contribution in [0.3, 0.4) is 0 Å². The normalized spacial score (nSPS) is 24.2. The number of hydrogen-bond acceptors (Lipinski definition) is 9. The smallest absolute Gasteiger partial charge is 0.261 e. The number of rotatable bonds is 11. The van der Waals surface area contributed by atoms with Crippen molar-refractivity contribution in [3.63, 3.8) is 0 Å². The van der Waals surface area contributed by atoms with Crippen LogP contribution in [0.15, 0.2) is 109 Å². The number of amides is 2. The fraction of sp³-hybridized carbons (Fsp3) is 0.391. The molecule has 0 aliphatic carbocycles. The van der Waals surface area contributed by atoms with Gasteiger partial charge in [0.1, 0.15) is 11.3 Å². The van der Waals surface area contributed by atoms with E-state index in [1.807, 2.05) is 94.6 Å². The minimum atomic E-state index is -2.39. The second-order valence-electron chi connectivity index (χ2n) is 17.1. The minimum Gasteiger partial charge on any atom is -0.497 e. The Labute approximate surface area is 346 Å². The number of fused-ring (bicyclic) bond motifs is 2. The van der Waals surface area contributed by atoms with Crippen LogP contribution >= 0.6 is 0 Å². The summed E-state index contributed by atoms with van der Waals surface area (Å²) in [4.78, 5) is 33.5. The molecule has 5 aromatic rings. The molecule has 3 saturated heterocycles. The zero-order chi connectivity index (χ0) is 40.9. The highest BCUT2D eigenvalue weighted by Crippen LogP contribution is 2.59. The van der Waals surface area contributed by atoms with Gasteiger partial charge in [-0.2, -0.15) is 0 Å². The largest absolute Gasteiger partial charge is 0.497 e. The fourth-order valence-corrected chi connectivity index (χ4v) is 14.7. The molecular weight excluding hydrogens is 759 g/mol. The lowest BCUT2D eigenvalue weighted by Crippen LogP contribution is -2.55. The number of nitrogens with zero attached hydrogens (tertiary/aromatic N) is 5. The van der Waals surface area contributed by atoms with Gasteiger partial charge in [0.05, 0.1) is 46.2 Å². The Morgan fingerprint density at radius 3 is 2.36 bits per heavy atom. The van der Waals surface area contributed by atoms with Crippen molar-refractivity contribution >= 4 is 42.1 Å². The van der Waals surface area contributed by atoms with Crippen LogP contribution < -0.4 is 30.4 Å². The summed E-state index contributed by atoms with van der Waals surface area (Å²) >= 11 is 0. The van der Waals surface area contributed by atoms with Gasteiger partial charge in [0.15, 0.2) is 5.60 Å². The topological polar surface area (TPSA) is 134 Å². The van der Waals surface area contributed by atoms with Crippen molar-refractivity contribution in [2.45, 2.75) is 74.5 Å². The Bertz CT molecular complexity index is 2320. The number of benzene rings is 4. The average molecular weight is 812 g/mol. The lowest BCUT2D eigenvalue weighted by atomic mass is 9.82. The van der Waals surface area contributed by atoms with E-state index >= 15 is 0 Å². The first-order valence-electron chi connectivity index (χ1n) is 20.8. The first kappa shape index (κ1) is 39.1. The molecule has 1 aromatic heterocycles. The SMILES string of the molecule is COc1ccc([Si](C)(C)[C@@H]2[C@@H](CCn3cc(C(CO)c4ccccc4)nn3)O[C@]3(C(=O)Nc4ccc(N5CN(c6ccccc6)C6(CCNCC6)C5=O)cc43)[C@H]2C)cc1. The van der Waals surface area contributed by atoms with Crippen molar-refractivity contribution in [1.29, 1.82) is 0 Å². The van der Waals surface area contributed by atoms with Gasteiger partial charge in [-0.25, -0.2) is 0 Å². The summed E-state index contributed by atoms with van der Waals surface area (Å²) < 4.78 is 14.7. The summed E-state index contributed by atoms with van der Waals surface area (Å²) in [5.74, 6) is 0.216. The van der Waals surface area contributed by atoms with Crippen LogP contribution in [0.2, 0.25) is 18.6 Å². The van der Waals surface area contributed by atoms with Gasteiger partial charge in [0.2, 0.25) is 0 Å². The zero-order valence-electron chi connectivity index (χ0n) is 34.2. The molecule has 0 saturated carbocycles. The number of ether oxygens (including phenoxy) is 2. The van der Waals surface area contributed by atoms with E-state index in [0.29, 0.717) is 43.9 Å². The molecule has 13 heteroatoms. The molecule has 306 valence electrons. The van der Waals surface area contributed by atoms with Crippen molar-refractivity contribution < 1.29 is 24.2 Å². The maximum absolute atomic E-state index is 14.7. The van der Waals surface area contributed by atoms with Gasteiger partial charge in [-0.05, 0) is 85.9 Å². The molecule has 0 bridgehead atoms. The van der Waals surface area contributed by atoms with E-state index in [1.54, 1.807) is 7.11 Å². The van der Waals surface area contributed by atoms with E-state index in [1.165, 1.54) is 5.19 Å². The van der Waals surface area contributed by atoms with Gasteiger partial charge in [-0.1, -0.05) is 91.1 Å². The number of methoxy groups -OCH3 is 1. The van der Waals surface area contributed by atoms with E-state index in [-0.39, 0.29) is 41.9 Å². The summed E-state index contributed by atoms with van der Waals surface area (Å²) in [6, 6.07) is 34.4. The van der Waals surface area contributed by atoms with Crippen LogP contribution in [0.4, 0.5) is 17.1 Å².